The largest absolute Gasteiger partial charge is 0.481 e. The molecule has 1 heterocycles. The average Bonchev–Trinajstić information content (AvgIpc) is 2.49. The number of halogens is 1. The number of thiophene rings is 1. The minimum Gasteiger partial charge on any atom is -0.481 e. The van der Waals surface area contributed by atoms with Crippen molar-refractivity contribution in [3.8, 4) is 0 Å². The molecule has 2 rings (SSSR count). The van der Waals surface area contributed by atoms with Crippen molar-refractivity contribution in [1.29, 1.82) is 0 Å². The van der Waals surface area contributed by atoms with E-state index in [2.05, 4.69) is 0 Å². The first-order valence-corrected chi connectivity index (χ1v) is 5.30. The van der Waals surface area contributed by atoms with Crippen LogP contribution < -0.4 is 0 Å². The van der Waals surface area contributed by atoms with E-state index in [1.807, 2.05) is 23.6 Å². The van der Waals surface area contributed by atoms with Gasteiger partial charge in [-0.1, -0.05) is 23.7 Å². The van der Waals surface area contributed by atoms with Crippen LogP contribution in [0.5, 0.6) is 0 Å². The zero-order valence-electron chi connectivity index (χ0n) is 7.16. The molecular weight excluding hydrogens is 220 g/mol. The smallest absolute Gasteiger partial charge is 0.307 e. The van der Waals surface area contributed by atoms with E-state index in [0.29, 0.717) is 5.02 Å². The fourth-order valence-electron chi connectivity index (χ4n) is 1.37. The Kier molecular flexibility index (Phi) is 2.44. The molecule has 0 atom stereocenters. The van der Waals surface area contributed by atoms with Crippen molar-refractivity contribution < 1.29 is 9.90 Å². The number of aliphatic carboxylic acids is 1. The Morgan fingerprint density at radius 1 is 1.50 bits per heavy atom. The Morgan fingerprint density at radius 3 is 3.00 bits per heavy atom. The first kappa shape index (κ1) is 9.49. The van der Waals surface area contributed by atoms with Gasteiger partial charge in [-0.3, -0.25) is 4.79 Å². The molecule has 1 aromatic heterocycles. The van der Waals surface area contributed by atoms with E-state index in [4.69, 9.17) is 16.7 Å². The first-order chi connectivity index (χ1) is 6.68. The molecule has 1 N–H and O–H groups in total. The first-order valence-electron chi connectivity index (χ1n) is 4.05. The van der Waals surface area contributed by atoms with Gasteiger partial charge >= 0.3 is 5.97 Å². The molecule has 0 aliphatic rings. The maximum absolute atomic E-state index is 10.6. The normalized spacial score (nSPS) is 10.6. The van der Waals surface area contributed by atoms with Crippen LogP contribution >= 0.6 is 22.9 Å². The van der Waals surface area contributed by atoms with Crippen molar-refractivity contribution in [3.05, 3.63) is 34.2 Å². The van der Waals surface area contributed by atoms with Crippen LogP contribution in [0.15, 0.2) is 23.6 Å². The van der Waals surface area contributed by atoms with Crippen LogP contribution in [-0.2, 0) is 11.2 Å². The lowest BCUT2D eigenvalue weighted by molar-refractivity contribution is -0.136. The predicted octanol–water partition coefficient (Wildman–Crippen LogP) is 3.18. The van der Waals surface area contributed by atoms with Gasteiger partial charge in [0.05, 0.1) is 16.1 Å². The Labute approximate surface area is 89.7 Å². The zero-order chi connectivity index (χ0) is 10.1. The Morgan fingerprint density at radius 2 is 2.29 bits per heavy atom. The van der Waals surface area contributed by atoms with Crippen molar-refractivity contribution >= 4 is 39.0 Å². The highest BCUT2D eigenvalue weighted by atomic mass is 35.5. The minimum absolute atomic E-state index is 0.0559. The maximum Gasteiger partial charge on any atom is 0.307 e. The van der Waals surface area contributed by atoms with E-state index in [9.17, 15) is 4.79 Å². The van der Waals surface area contributed by atoms with Crippen LogP contribution in [-0.4, -0.2) is 11.1 Å². The zero-order valence-corrected chi connectivity index (χ0v) is 8.73. The lowest BCUT2D eigenvalue weighted by Crippen LogP contribution is -1.98. The van der Waals surface area contributed by atoms with Gasteiger partial charge in [0.15, 0.2) is 0 Å². The van der Waals surface area contributed by atoms with Crippen molar-refractivity contribution in [2.75, 3.05) is 0 Å². The average molecular weight is 227 g/mol. The van der Waals surface area contributed by atoms with Crippen LogP contribution in [0.25, 0.3) is 10.1 Å². The molecule has 0 amide bonds. The van der Waals surface area contributed by atoms with Gasteiger partial charge in [-0.2, -0.15) is 0 Å². The van der Waals surface area contributed by atoms with Crippen LogP contribution in [0.4, 0.5) is 0 Å². The third kappa shape index (κ3) is 1.61. The van der Waals surface area contributed by atoms with Gasteiger partial charge in [-0.15, -0.1) is 11.3 Å². The summed E-state index contributed by atoms with van der Waals surface area (Å²) in [5.41, 5.74) is 0.833. The van der Waals surface area contributed by atoms with Gasteiger partial charge in [0.25, 0.3) is 0 Å². The summed E-state index contributed by atoms with van der Waals surface area (Å²) in [6, 6.07) is 5.55. The molecule has 0 saturated carbocycles. The van der Waals surface area contributed by atoms with Gasteiger partial charge in [0, 0.05) is 0 Å². The molecule has 14 heavy (non-hydrogen) atoms. The molecule has 0 radical (unpaired) electrons. The molecule has 4 heteroatoms. The fraction of sp³-hybridized carbons (Fsp3) is 0.100. The SMILES string of the molecule is O=C(O)Cc1csc2c(Cl)cccc12. The molecule has 0 saturated heterocycles. The molecule has 2 nitrogen and oxygen atoms in total. The number of carbonyl (C=O) groups is 1. The third-order valence-corrected chi connectivity index (χ3v) is 3.48. The summed E-state index contributed by atoms with van der Waals surface area (Å²) in [7, 11) is 0. The number of carboxylic acid groups (broad SMARTS) is 1. The summed E-state index contributed by atoms with van der Waals surface area (Å²) in [5.74, 6) is -0.815. The van der Waals surface area contributed by atoms with E-state index >= 15 is 0 Å². The summed E-state index contributed by atoms with van der Waals surface area (Å²) >= 11 is 7.46. The van der Waals surface area contributed by atoms with Crippen LogP contribution in [0, 0.1) is 0 Å². The lowest BCUT2D eigenvalue weighted by atomic mass is 10.1. The van der Waals surface area contributed by atoms with Gasteiger partial charge in [-0.05, 0) is 22.4 Å². The summed E-state index contributed by atoms with van der Waals surface area (Å²) in [6.45, 7) is 0. The van der Waals surface area contributed by atoms with Crippen molar-refractivity contribution in [2.24, 2.45) is 0 Å². The van der Waals surface area contributed by atoms with Crippen LogP contribution in [0.2, 0.25) is 5.02 Å². The number of rotatable bonds is 2. The van der Waals surface area contributed by atoms with E-state index in [0.717, 1.165) is 15.6 Å². The fourth-order valence-corrected chi connectivity index (χ4v) is 2.66. The topological polar surface area (TPSA) is 37.3 Å². The van der Waals surface area contributed by atoms with E-state index < -0.39 is 5.97 Å². The number of hydrogen-bond acceptors (Lipinski definition) is 2. The van der Waals surface area contributed by atoms with Gasteiger partial charge < -0.3 is 5.11 Å². The summed E-state index contributed by atoms with van der Waals surface area (Å²) in [6.07, 6.45) is 0.0559. The number of hydrogen-bond donors (Lipinski definition) is 1. The molecule has 0 aliphatic heterocycles. The van der Waals surface area contributed by atoms with Crippen LogP contribution in [0.3, 0.4) is 0 Å². The highest BCUT2D eigenvalue weighted by Gasteiger charge is 2.09. The number of benzene rings is 1. The van der Waals surface area contributed by atoms with Crippen molar-refractivity contribution in [1.82, 2.24) is 0 Å². The summed E-state index contributed by atoms with van der Waals surface area (Å²) in [4.78, 5) is 10.6. The van der Waals surface area contributed by atoms with E-state index in [-0.39, 0.29) is 6.42 Å². The predicted molar refractivity (Wildman–Crippen MR) is 58.2 cm³/mol. The van der Waals surface area contributed by atoms with Gasteiger partial charge in [-0.25, -0.2) is 0 Å². The molecule has 2 aromatic rings. The third-order valence-electron chi connectivity index (χ3n) is 1.97. The molecular formula is C10H7ClO2S. The standard InChI is InChI=1S/C10H7ClO2S/c11-8-3-1-2-7-6(4-9(12)13)5-14-10(7)8/h1-3,5H,4H2,(H,12,13). The summed E-state index contributed by atoms with van der Waals surface area (Å²) in [5, 5.41) is 12.2. The highest BCUT2D eigenvalue weighted by molar-refractivity contribution is 7.18. The van der Waals surface area contributed by atoms with Crippen molar-refractivity contribution in [2.45, 2.75) is 6.42 Å². The number of fused-ring (bicyclic) bond motifs is 1. The molecule has 0 bridgehead atoms. The monoisotopic (exact) mass is 226 g/mol. The second kappa shape index (κ2) is 3.59. The number of carboxylic acids is 1. The van der Waals surface area contributed by atoms with E-state index in [1.54, 1.807) is 0 Å². The lowest BCUT2D eigenvalue weighted by Gasteiger charge is -1.95. The molecule has 0 fully saturated rings. The Bertz CT molecular complexity index is 490. The minimum atomic E-state index is -0.815. The molecule has 0 spiro atoms. The second-order valence-corrected chi connectivity index (χ2v) is 4.23. The Hall–Kier alpha value is -1.06. The quantitative estimate of drug-likeness (QED) is 0.854. The summed E-state index contributed by atoms with van der Waals surface area (Å²) < 4.78 is 0.963. The van der Waals surface area contributed by atoms with Gasteiger partial charge in [0.2, 0.25) is 0 Å². The van der Waals surface area contributed by atoms with Crippen molar-refractivity contribution in [3.63, 3.8) is 0 Å². The maximum atomic E-state index is 10.6. The molecule has 72 valence electrons. The van der Waals surface area contributed by atoms with E-state index in [1.165, 1.54) is 11.3 Å². The molecule has 0 aliphatic carbocycles. The van der Waals surface area contributed by atoms with Gasteiger partial charge in [0.1, 0.15) is 0 Å². The Balaban J connectivity index is 2.58. The molecule has 0 unspecified atom stereocenters. The highest BCUT2D eigenvalue weighted by Crippen LogP contribution is 2.32. The van der Waals surface area contributed by atoms with Crippen LogP contribution in [0.1, 0.15) is 5.56 Å². The molecule has 1 aromatic carbocycles. The second-order valence-electron chi connectivity index (χ2n) is 2.95.